The average Bonchev–Trinajstić information content (AvgIpc) is 2.84. The number of rotatable bonds is 6. The SMILES string of the molecule is COC(=O)c1sccc1S(=O)(=O)NCC(O)C(N)=O. The van der Waals surface area contributed by atoms with Crippen molar-refractivity contribution in [1.29, 1.82) is 0 Å². The molecule has 8 nitrogen and oxygen atoms in total. The van der Waals surface area contributed by atoms with Crippen LogP contribution in [0.1, 0.15) is 9.67 Å². The van der Waals surface area contributed by atoms with Crippen LogP contribution in [0.2, 0.25) is 0 Å². The maximum Gasteiger partial charge on any atom is 0.349 e. The molecule has 1 heterocycles. The number of hydrogen-bond acceptors (Lipinski definition) is 7. The van der Waals surface area contributed by atoms with Crippen molar-refractivity contribution in [2.45, 2.75) is 11.0 Å². The Morgan fingerprint density at radius 2 is 2.21 bits per heavy atom. The first-order valence-corrected chi connectivity index (χ1v) is 7.28. The van der Waals surface area contributed by atoms with Crippen molar-refractivity contribution in [2.75, 3.05) is 13.7 Å². The molecule has 0 fully saturated rings. The minimum absolute atomic E-state index is 0.0939. The van der Waals surface area contributed by atoms with Gasteiger partial charge in [-0.25, -0.2) is 17.9 Å². The minimum atomic E-state index is -4.04. The fourth-order valence-electron chi connectivity index (χ4n) is 1.12. The number of sulfonamides is 1. The number of carbonyl (C=O) groups is 2. The van der Waals surface area contributed by atoms with Crippen molar-refractivity contribution in [2.24, 2.45) is 5.73 Å². The summed E-state index contributed by atoms with van der Waals surface area (Å²) in [5.41, 5.74) is 4.79. The van der Waals surface area contributed by atoms with Crippen LogP contribution in [0.3, 0.4) is 0 Å². The van der Waals surface area contributed by atoms with Gasteiger partial charge in [0.2, 0.25) is 15.9 Å². The second kappa shape index (κ2) is 6.10. The second-order valence-corrected chi connectivity index (χ2v) is 6.03. The summed E-state index contributed by atoms with van der Waals surface area (Å²) in [6, 6.07) is 1.22. The van der Waals surface area contributed by atoms with Gasteiger partial charge in [0.1, 0.15) is 15.9 Å². The predicted octanol–water partition coefficient (Wildman–Crippen LogP) is -1.34. The number of nitrogens with two attached hydrogens (primary N) is 1. The molecular weight excluding hydrogens is 296 g/mol. The number of carbonyl (C=O) groups excluding carboxylic acids is 2. The first-order chi connectivity index (χ1) is 8.79. The Bertz CT molecular complexity index is 579. The van der Waals surface area contributed by atoms with Gasteiger partial charge in [-0.3, -0.25) is 4.79 Å². The molecule has 0 aliphatic carbocycles. The van der Waals surface area contributed by atoms with Crippen LogP contribution >= 0.6 is 11.3 Å². The van der Waals surface area contributed by atoms with Crippen molar-refractivity contribution in [3.63, 3.8) is 0 Å². The van der Waals surface area contributed by atoms with Crippen LogP contribution in [0.4, 0.5) is 0 Å². The fourth-order valence-corrected chi connectivity index (χ4v) is 3.49. The highest BCUT2D eigenvalue weighted by Gasteiger charge is 2.25. The van der Waals surface area contributed by atoms with Crippen molar-refractivity contribution < 1.29 is 27.9 Å². The van der Waals surface area contributed by atoms with Crippen LogP contribution in [0, 0.1) is 0 Å². The molecule has 1 aromatic heterocycles. The van der Waals surface area contributed by atoms with Crippen LogP contribution in [0.25, 0.3) is 0 Å². The van der Waals surface area contributed by atoms with E-state index in [2.05, 4.69) is 4.74 Å². The zero-order valence-electron chi connectivity index (χ0n) is 9.82. The molecule has 4 N–H and O–H groups in total. The van der Waals surface area contributed by atoms with Gasteiger partial charge in [-0.15, -0.1) is 11.3 Å². The number of primary amides is 1. The van der Waals surface area contributed by atoms with Gasteiger partial charge in [0.25, 0.3) is 0 Å². The molecule has 0 aliphatic heterocycles. The van der Waals surface area contributed by atoms with Crippen LogP contribution in [0.15, 0.2) is 16.3 Å². The molecule has 0 saturated carbocycles. The summed E-state index contributed by atoms with van der Waals surface area (Å²) in [6.07, 6.45) is -1.64. The zero-order chi connectivity index (χ0) is 14.6. The Balaban J connectivity index is 2.93. The van der Waals surface area contributed by atoms with Crippen LogP contribution < -0.4 is 10.5 Å². The van der Waals surface area contributed by atoms with Gasteiger partial charge in [0, 0.05) is 6.54 Å². The monoisotopic (exact) mass is 308 g/mol. The molecule has 1 atom stereocenters. The fraction of sp³-hybridized carbons (Fsp3) is 0.333. The van der Waals surface area contributed by atoms with E-state index in [9.17, 15) is 18.0 Å². The largest absolute Gasteiger partial charge is 0.465 e. The van der Waals surface area contributed by atoms with E-state index in [0.29, 0.717) is 0 Å². The molecule has 1 aromatic rings. The number of amides is 1. The molecule has 106 valence electrons. The lowest BCUT2D eigenvalue weighted by Crippen LogP contribution is -2.40. The molecule has 0 saturated heterocycles. The van der Waals surface area contributed by atoms with E-state index >= 15 is 0 Å². The molecule has 1 unspecified atom stereocenters. The Hall–Kier alpha value is -1.49. The van der Waals surface area contributed by atoms with E-state index in [0.717, 1.165) is 18.4 Å². The normalized spacial score (nSPS) is 12.9. The standard InChI is InChI=1S/C9H12N2O6S2/c1-17-9(14)7-6(2-3-18-7)19(15,16)11-4-5(12)8(10)13/h2-3,5,11-12H,4H2,1H3,(H2,10,13). The number of hydrogen-bond donors (Lipinski definition) is 3. The molecular formula is C9H12N2O6S2. The third-order valence-corrected chi connectivity index (χ3v) is 4.57. The average molecular weight is 308 g/mol. The molecule has 0 aliphatic rings. The maximum absolute atomic E-state index is 11.9. The first-order valence-electron chi connectivity index (χ1n) is 4.92. The number of esters is 1. The Labute approximate surface area is 113 Å². The van der Waals surface area contributed by atoms with Crippen LogP contribution in [-0.4, -0.2) is 45.2 Å². The van der Waals surface area contributed by atoms with Crippen molar-refractivity contribution in [3.8, 4) is 0 Å². The molecule has 0 spiro atoms. The van der Waals surface area contributed by atoms with E-state index in [1.54, 1.807) is 0 Å². The van der Waals surface area contributed by atoms with Gasteiger partial charge in [0.15, 0.2) is 0 Å². The molecule has 0 bridgehead atoms. The van der Waals surface area contributed by atoms with E-state index < -0.39 is 34.5 Å². The lowest BCUT2D eigenvalue weighted by atomic mass is 10.3. The highest BCUT2D eigenvalue weighted by molar-refractivity contribution is 7.89. The smallest absolute Gasteiger partial charge is 0.349 e. The first kappa shape index (κ1) is 15.6. The summed E-state index contributed by atoms with van der Waals surface area (Å²) >= 11 is 0.902. The number of nitrogens with one attached hydrogen (secondary N) is 1. The minimum Gasteiger partial charge on any atom is -0.465 e. The van der Waals surface area contributed by atoms with Crippen LogP contribution in [0.5, 0.6) is 0 Å². The maximum atomic E-state index is 11.9. The Morgan fingerprint density at radius 1 is 1.58 bits per heavy atom. The topological polar surface area (TPSA) is 136 Å². The summed E-state index contributed by atoms with van der Waals surface area (Å²) in [4.78, 5) is 21.6. The predicted molar refractivity (Wildman–Crippen MR) is 66.0 cm³/mol. The molecule has 1 amide bonds. The van der Waals surface area contributed by atoms with E-state index in [-0.39, 0.29) is 9.77 Å². The van der Waals surface area contributed by atoms with Crippen molar-refractivity contribution in [3.05, 3.63) is 16.3 Å². The molecule has 0 radical (unpaired) electrons. The van der Waals surface area contributed by atoms with Gasteiger partial charge in [0.05, 0.1) is 7.11 Å². The Kier molecular flexibility index (Phi) is 5.00. The Morgan fingerprint density at radius 3 is 2.74 bits per heavy atom. The van der Waals surface area contributed by atoms with E-state index in [1.165, 1.54) is 11.4 Å². The second-order valence-electron chi connectivity index (χ2n) is 3.38. The summed E-state index contributed by atoms with van der Waals surface area (Å²) in [5.74, 6) is -1.84. The van der Waals surface area contributed by atoms with Gasteiger partial charge in [-0.1, -0.05) is 0 Å². The van der Waals surface area contributed by atoms with Gasteiger partial charge >= 0.3 is 5.97 Å². The number of aliphatic hydroxyl groups is 1. The number of thiophene rings is 1. The quantitative estimate of drug-likeness (QED) is 0.556. The summed E-state index contributed by atoms with van der Waals surface area (Å²) in [6.45, 7) is -0.575. The number of ether oxygens (including phenoxy) is 1. The van der Waals surface area contributed by atoms with Crippen molar-refractivity contribution >= 4 is 33.2 Å². The molecule has 19 heavy (non-hydrogen) atoms. The molecule has 10 heteroatoms. The van der Waals surface area contributed by atoms with Gasteiger partial charge in [-0.2, -0.15) is 0 Å². The third kappa shape index (κ3) is 3.73. The lowest BCUT2D eigenvalue weighted by Gasteiger charge is -2.09. The van der Waals surface area contributed by atoms with E-state index in [4.69, 9.17) is 10.8 Å². The highest BCUT2D eigenvalue weighted by atomic mass is 32.2. The molecule has 0 aromatic carbocycles. The van der Waals surface area contributed by atoms with Gasteiger partial charge in [-0.05, 0) is 11.4 Å². The van der Waals surface area contributed by atoms with Crippen LogP contribution in [-0.2, 0) is 19.6 Å². The number of methoxy groups -OCH3 is 1. The third-order valence-electron chi connectivity index (χ3n) is 2.08. The summed E-state index contributed by atoms with van der Waals surface area (Å²) in [5, 5.41) is 10.5. The summed E-state index contributed by atoms with van der Waals surface area (Å²) in [7, 11) is -2.91. The number of aliphatic hydroxyl groups excluding tert-OH is 1. The lowest BCUT2D eigenvalue weighted by molar-refractivity contribution is -0.125. The highest BCUT2D eigenvalue weighted by Crippen LogP contribution is 2.22. The molecule has 1 rings (SSSR count). The zero-order valence-corrected chi connectivity index (χ0v) is 11.5. The van der Waals surface area contributed by atoms with Gasteiger partial charge < -0.3 is 15.6 Å². The summed E-state index contributed by atoms with van der Waals surface area (Å²) < 4.78 is 30.2. The van der Waals surface area contributed by atoms with E-state index in [1.807, 2.05) is 4.72 Å². The van der Waals surface area contributed by atoms with Crippen molar-refractivity contribution in [1.82, 2.24) is 4.72 Å².